The molecule has 0 aliphatic carbocycles. The molecular weight excluding hydrogens is 489 g/mol. The number of nitro benzene ring substituents is 1. The van der Waals surface area contributed by atoms with Gasteiger partial charge in [-0.2, -0.15) is 0 Å². The zero-order chi connectivity index (χ0) is 23.9. The van der Waals surface area contributed by atoms with Crippen LogP contribution in [0.4, 0.5) is 5.69 Å². The van der Waals surface area contributed by atoms with Crippen molar-refractivity contribution in [2.75, 3.05) is 20.2 Å². The highest BCUT2D eigenvalue weighted by Gasteiger charge is 2.27. The van der Waals surface area contributed by atoms with Crippen molar-refractivity contribution in [2.24, 2.45) is 0 Å². The Morgan fingerprint density at radius 2 is 1.81 bits per heavy atom. The van der Waals surface area contributed by atoms with Crippen LogP contribution < -0.4 is 14.8 Å². The zero-order valence-corrected chi connectivity index (χ0v) is 18.8. The molecule has 2 aromatic rings. The summed E-state index contributed by atoms with van der Waals surface area (Å²) in [5.74, 6) is -1.54. The van der Waals surface area contributed by atoms with Crippen LogP contribution in [0.3, 0.4) is 0 Å². The van der Waals surface area contributed by atoms with Gasteiger partial charge >= 0.3 is 5.97 Å². The smallest absolute Gasteiger partial charge is 0.325 e. The predicted octanol–water partition coefficient (Wildman–Crippen LogP) is 2.05. The number of hydrogen-bond acceptors (Lipinski definition) is 8. The van der Waals surface area contributed by atoms with E-state index in [0.717, 1.165) is 12.1 Å². The Morgan fingerprint density at radius 3 is 2.44 bits per heavy atom. The van der Waals surface area contributed by atoms with Crippen molar-refractivity contribution in [3.05, 3.63) is 62.1 Å². The van der Waals surface area contributed by atoms with Crippen molar-refractivity contribution < 1.29 is 32.4 Å². The zero-order valence-electron chi connectivity index (χ0n) is 16.5. The Kier molecular flexibility index (Phi) is 8.78. The van der Waals surface area contributed by atoms with E-state index >= 15 is 0 Å². The highest BCUT2D eigenvalue weighted by Crippen LogP contribution is 2.28. The molecule has 0 atom stereocenters. The number of hydrogen-bond donors (Lipinski definition) is 2. The SMILES string of the molecule is COc1ccc(S(=O)(=O)NCC(=O)NCC(=O)OCc2ccc(Cl)c(Cl)c2)c([N+](=O)[O-])c1. The van der Waals surface area contributed by atoms with Crippen molar-refractivity contribution in [3.8, 4) is 5.75 Å². The number of nitro groups is 1. The molecule has 0 radical (unpaired) electrons. The summed E-state index contributed by atoms with van der Waals surface area (Å²) in [6, 6.07) is 7.81. The molecule has 172 valence electrons. The van der Waals surface area contributed by atoms with Gasteiger partial charge in [0.15, 0.2) is 4.90 Å². The van der Waals surface area contributed by atoms with E-state index in [2.05, 4.69) is 5.32 Å². The molecule has 2 rings (SSSR count). The maximum absolute atomic E-state index is 12.4. The van der Waals surface area contributed by atoms with Gasteiger partial charge in [-0.15, -0.1) is 0 Å². The number of nitrogens with one attached hydrogen (secondary N) is 2. The quantitative estimate of drug-likeness (QED) is 0.282. The fraction of sp³-hybridized carbons (Fsp3) is 0.222. The lowest BCUT2D eigenvalue weighted by Gasteiger charge is -2.09. The number of nitrogens with zero attached hydrogens (tertiary/aromatic N) is 1. The monoisotopic (exact) mass is 505 g/mol. The number of amides is 1. The van der Waals surface area contributed by atoms with Crippen LogP contribution >= 0.6 is 23.2 Å². The summed E-state index contributed by atoms with van der Waals surface area (Å²) in [7, 11) is -3.13. The maximum Gasteiger partial charge on any atom is 0.325 e. The molecule has 0 fully saturated rings. The normalized spacial score (nSPS) is 11.0. The average Bonchev–Trinajstić information content (AvgIpc) is 2.76. The van der Waals surface area contributed by atoms with Gasteiger partial charge in [-0.05, 0) is 29.8 Å². The topological polar surface area (TPSA) is 154 Å². The fourth-order valence-electron chi connectivity index (χ4n) is 2.31. The summed E-state index contributed by atoms with van der Waals surface area (Å²) >= 11 is 11.7. The lowest BCUT2D eigenvalue weighted by molar-refractivity contribution is -0.387. The number of benzene rings is 2. The third-order valence-electron chi connectivity index (χ3n) is 3.89. The van der Waals surface area contributed by atoms with E-state index in [9.17, 15) is 28.1 Å². The number of esters is 1. The van der Waals surface area contributed by atoms with Crippen molar-refractivity contribution in [1.82, 2.24) is 10.0 Å². The first-order chi connectivity index (χ1) is 15.0. The van der Waals surface area contributed by atoms with Gasteiger partial charge in [-0.25, -0.2) is 13.1 Å². The number of carbonyl (C=O) groups excluding carboxylic acids is 2. The van der Waals surface area contributed by atoms with E-state index in [0.29, 0.717) is 10.6 Å². The standard InChI is InChI=1S/C18H17Cl2N3O8S/c1-30-12-3-5-16(15(7-12)23(26)27)32(28,29)22-8-17(24)21-9-18(25)31-10-11-2-4-13(19)14(20)6-11/h2-7,22H,8-10H2,1H3,(H,21,24). The first-order valence-corrected chi connectivity index (χ1v) is 11.0. The summed E-state index contributed by atoms with van der Waals surface area (Å²) in [5, 5.41) is 14.0. The van der Waals surface area contributed by atoms with Crippen molar-refractivity contribution >= 4 is 50.8 Å². The number of sulfonamides is 1. The Morgan fingerprint density at radius 1 is 1.09 bits per heavy atom. The van der Waals surface area contributed by atoms with E-state index in [4.69, 9.17) is 32.7 Å². The Balaban J connectivity index is 1.87. The molecule has 32 heavy (non-hydrogen) atoms. The second kappa shape index (κ2) is 11.1. The van der Waals surface area contributed by atoms with Gasteiger partial charge in [0.05, 0.1) is 34.7 Å². The van der Waals surface area contributed by atoms with E-state index in [-0.39, 0.29) is 17.4 Å². The van der Waals surface area contributed by atoms with Gasteiger partial charge in [0.1, 0.15) is 18.9 Å². The molecule has 0 aliphatic heterocycles. The van der Waals surface area contributed by atoms with E-state index in [1.807, 2.05) is 4.72 Å². The fourth-order valence-corrected chi connectivity index (χ4v) is 3.76. The molecule has 0 unspecified atom stereocenters. The molecule has 0 heterocycles. The first-order valence-electron chi connectivity index (χ1n) is 8.72. The second-order valence-corrected chi connectivity index (χ2v) is 8.65. The molecule has 0 aliphatic rings. The molecular formula is C18H17Cl2N3O8S. The van der Waals surface area contributed by atoms with Gasteiger partial charge in [0.25, 0.3) is 5.69 Å². The number of rotatable bonds is 10. The van der Waals surface area contributed by atoms with Crippen LogP contribution in [0.5, 0.6) is 5.75 Å². The number of halogens is 2. The first kappa shape index (κ1) is 25.3. The van der Waals surface area contributed by atoms with Crippen molar-refractivity contribution in [1.29, 1.82) is 0 Å². The van der Waals surface area contributed by atoms with Gasteiger partial charge < -0.3 is 14.8 Å². The van der Waals surface area contributed by atoms with Crippen LogP contribution in [0.2, 0.25) is 10.0 Å². The third-order valence-corrected chi connectivity index (χ3v) is 6.08. The minimum absolute atomic E-state index is 0.0905. The molecule has 2 aromatic carbocycles. The van der Waals surface area contributed by atoms with Crippen molar-refractivity contribution in [3.63, 3.8) is 0 Å². The van der Waals surface area contributed by atoms with Crippen LogP contribution in [-0.4, -0.2) is 45.4 Å². The summed E-state index contributed by atoms with van der Waals surface area (Å²) in [4.78, 5) is 33.3. The van der Waals surface area contributed by atoms with Gasteiger partial charge in [0.2, 0.25) is 15.9 Å². The van der Waals surface area contributed by atoms with Crippen LogP contribution in [0.25, 0.3) is 0 Å². The van der Waals surface area contributed by atoms with Crippen LogP contribution in [-0.2, 0) is 31.0 Å². The van der Waals surface area contributed by atoms with E-state index < -0.39 is 50.5 Å². The largest absolute Gasteiger partial charge is 0.497 e. The highest BCUT2D eigenvalue weighted by molar-refractivity contribution is 7.89. The van der Waals surface area contributed by atoms with Gasteiger partial charge in [0, 0.05) is 0 Å². The lowest BCUT2D eigenvalue weighted by Crippen LogP contribution is -2.39. The minimum atomic E-state index is -4.40. The van der Waals surface area contributed by atoms with Gasteiger partial charge in [-0.1, -0.05) is 29.3 Å². The van der Waals surface area contributed by atoms with Gasteiger partial charge in [-0.3, -0.25) is 19.7 Å². The molecule has 1 amide bonds. The summed E-state index contributed by atoms with van der Waals surface area (Å²) in [5.41, 5.74) is -0.143. The van der Waals surface area contributed by atoms with E-state index in [1.165, 1.54) is 25.3 Å². The van der Waals surface area contributed by atoms with Crippen LogP contribution in [0.15, 0.2) is 41.3 Å². The molecule has 0 bridgehead atoms. The Labute approximate surface area is 192 Å². The van der Waals surface area contributed by atoms with Crippen LogP contribution in [0.1, 0.15) is 5.56 Å². The summed E-state index contributed by atoms with van der Waals surface area (Å²) in [6.07, 6.45) is 0. The Bertz CT molecular complexity index is 1140. The molecule has 14 heteroatoms. The summed E-state index contributed by atoms with van der Waals surface area (Å²) in [6.45, 7) is -1.39. The number of ether oxygens (including phenoxy) is 2. The second-order valence-electron chi connectivity index (χ2n) is 6.10. The highest BCUT2D eigenvalue weighted by atomic mass is 35.5. The molecule has 11 nitrogen and oxygen atoms in total. The van der Waals surface area contributed by atoms with Crippen molar-refractivity contribution in [2.45, 2.75) is 11.5 Å². The average molecular weight is 506 g/mol. The summed E-state index contributed by atoms with van der Waals surface area (Å²) < 4.78 is 36.5. The maximum atomic E-state index is 12.4. The predicted molar refractivity (Wildman–Crippen MR) is 114 cm³/mol. The molecule has 0 aromatic heterocycles. The minimum Gasteiger partial charge on any atom is -0.497 e. The molecule has 0 saturated heterocycles. The molecule has 0 spiro atoms. The Hall–Kier alpha value is -2.93. The van der Waals surface area contributed by atoms with Crippen LogP contribution in [0, 0.1) is 10.1 Å². The lowest BCUT2D eigenvalue weighted by atomic mass is 10.2. The third kappa shape index (κ3) is 7.05. The molecule has 2 N–H and O–H groups in total. The number of methoxy groups -OCH3 is 1. The number of carbonyl (C=O) groups is 2. The van der Waals surface area contributed by atoms with E-state index in [1.54, 1.807) is 6.07 Å². The molecule has 0 saturated carbocycles.